The highest BCUT2D eigenvalue weighted by molar-refractivity contribution is 5.93. The predicted molar refractivity (Wildman–Crippen MR) is 49.8 cm³/mol. The standard InChI is InChI=1S/C8H12N4O2/c13-7(6-5-14-4-3-9-6)12-8-10-1-2-11-8/h1-2,6,9H,3-5H2,(H2,10,11,12,13). The molecule has 1 aromatic heterocycles. The van der Waals surface area contributed by atoms with Crippen molar-refractivity contribution in [3.05, 3.63) is 12.4 Å². The highest BCUT2D eigenvalue weighted by Crippen LogP contribution is 1.99. The molecule has 3 N–H and O–H groups in total. The molecule has 1 fully saturated rings. The van der Waals surface area contributed by atoms with Crippen LogP contribution in [0.15, 0.2) is 12.4 Å². The van der Waals surface area contributed by atoms with Gasteiger partial charge in [0.25, 0.3) is 0 Å². The number of amides is 1. The van der Waals surface area contributed by atoms with E-state index < -0.39 is 0 Å². The van der Waals surface area contributed by atoms with E-state index >= 15 is 0 Å². The molecule has 2 heterocycles. The van der Waals surface area contributed by atoms with Crippen molar-refractivity contribution in [3.63, 3.8) is 0 Å². The minimum atomic E-state index is -0.283. The first-order chi connectivity index (χ1) is 6.86. The molecule has 1 aromatic rings. The Kier molecular flexibility index (Phi) is 2.76. The molecule has 1 unspecified atom stereocenters. The lowest BCUT2D eigenvalue weighted by Crippen LogP contribution is -2.48. The monoisotopic (exact) mass is 196 g/mol. The Morgan fingerprint density at radius 3 is 3.29 bits per heavy atom. The van der Waals surface area contributed by atoms with Gasteiger partial charge in [0.15, 0.2) is 0 Å². The summed E-state index contributed by atoms with van der Waals surface area (Å²) >= 11 is 0. The zero-order chi connectivity index (χ0) is 9.80. The van der Waals surface area contributed by atoms with E-state index in [1.165, 1.54) is 0 Å². The Hall–Kier alpha value is -1.40. The number of H-pyrrole nitrogens is 1. The predicted octanol–water partition coefficient (Wildman–Crippen LogP) is -0.663. The number of rotatable bonds is 2. The fourth-order valence-corrected chi connectivity index (χ4v) is 1.27. The van der Waals surface area contributed by atoms with Crippen LogP contribution < -0.4 is 10.6 Å². The van der Waals surface area contributed by atoms with Crippen LogP contribution in [0.5, 0.6) is 0 Å². The van der Waals surface area contributed by atoms with Crippen LogP contribution in [-0.2, 0) is 9.53 Å². The average molecular weight is 196 g/mol. The third kappa shape index (κ3) is 2.09. The van der Waals surface area contributed by atoms with E-state index in [2.05, 4.69) is 20.6 Å². The molecule has 1 aliphatic rings. The summed E-state index contributed by atoms with van der Waals surface area (Å²) in [7, 11) is 0. The van der Waals surface area contributed by atoms with Gasteiger partial charge in [-0.3, -0.25) is 10.1 Å². The van der Waals surface area contributed by atoms with Gasteiger partial charge < -0.3 is 15.0 Å². The quantitative estimate of drug-likeness (QED) is 0.586. The van der Waals surface area contributed by atoms with E-state index in [-0.39, 0.29) is 11.9 Å². The number of nitrogens with zero attached hydrogens (tertiary/aromatic N) is 1. The molecule has 1 aliphatic heterocycles. The van der Waals surface area contributed by atoms with Gasteiger partial charge in [-0.1, -0.05) is 0 Å². The van der Waals surface area contributed by atoms with E-state index in [4.69, 9.17) is 4.74 Å². The van der Waals surface area contributed by atoms with Crippen molar-refractivity contribution < 1.29 is 9.53 Å². The topological polar surface area (TPSA) is 79.0 Å². The first-order valence-corrected chi connectivity index (χ1v) is 4.47. The van der Waals surface area contributed by atoms with Gasteiger partial charge in [0.2, 0.25) is 11.9 Å². The van der Waals surface area contributed by atoms with Crippen molar-refractivity contribution in [1.82, 2.24) is 15.3 Å². The number of imidazole rings is 1. The average Bonchev–Trinajstić information content (AvgIpc) is 2.72. The molecule has 1 saturated heterocycles. The number of hydrogen-bond donors (Lipinski definition) is 3. The Balaban J connectivity index is 1.88. The normalized spacial score (nSPS) is 21.9. The maximum absolute atomic E-state index is 11.6. The van der Waals surface area contributed by atoms with Crippen molar-refractivity contribution in [1.29, 1.82) is 0 Å². The van der Waals surface area contributed by atoms with Gasteiger partial charge >= 0.3 is 0 Å². The number of hydrogen-bond acceptors (Lipinski definition) is 4. The van der Waals surface area contributed by atoms with Crippen LogP contribution in [0, 0.1) is 0 Å². The number of nitrogens with one attached hydrogen (secondary N) is 3. The van der Waals surface area contributed by atoms with Gasteiger partial charge in [0.05, 0.1) is 13.2 Å². The Bertz CT molecular complexity index is 292. The van der Waals surface area contributed by atoms with Crippen molar-refractivity contribution >= 4 is 11.9 Å². The Morgan fingerprint density at radius 1 is 1.71 bits per heavy atom. The molecule has 6 heteroatoms. The van der Waals surface area contributed by atoms with Crippen LogP contribution in [0.25, 0.3) is 0 Å². The van der Waals surface area contributed by atoms with E-state index in [0.717, 1.165) is 0 Å². The summed E-state index contributed by atoms with van der Waals surface area (Å²) in [6, 6.07) is -0.283. The van der Waals surface area contributed by atoms with Crippen LogP contribution in [0.4, 0.5) is 5.95 Å². The van der Waals surface area contributed by atoms with Crippen molar-refractivity contribution in [2.45, 2.75) is 6.04 Å². The fourth-order valence-electron chi connectivity index (χ4n) is 1.27. The number of ether oxygens (including phenoxy) is 1. The number of carbonyl (C=O) groups is 1. The van der Waals surface area contributed by atoms with Crippen LogP contribution in [0.3, 0.4) is 0 Å². The number of anilines is 1. The molecule has 14 heavy (non-hydrogen) atoms. The Labute approximate surface area is 81.1 Å². The van der Waals surface area contributed by atoms with E-state index in [9.17, 15) is 4.79 Å². The third-order valence-corrected chi connectivity index (χ3v) is 1.98. The zero-order valence-corrected chi connectivity index (χ0v) is 7.62. The lowest BCUT2D eigenvalue weighted by molar-refractivity contribution is -0.120. The smallest absolute Gasteiger partial charge is 0.246 e. The summed E-state index contributed by atoms with van der Waals surface area (Å²) in [6.45, 7) is 1.77. The van der Waals surface area contributed by atoms with Crippen LogP contribution in [-0.4, -0.2) is 41.7 Å². The molecule has 0 saturated carbocycles. The molecule has 0 radical (unpaired) electrons. The molecule has 1 atom stereocenters. The van der Waals surface area contributed by atoms with Crippen molar-refractivity contribution in [2.24, 2.45) is 0 Å². The first-order valence-electron chi connectivity index (χ1n) is 4.47. The van der Waals surface area contributed by atoms with Gasteiger partial charge in [0, 0.05) is 18.9 Å². The zero-order valence-electron chi connectivity index (χ0n) is 7.62. The third-order valence-electron chi connectivity index (χ3n) is 1.98. The highest BCUT2D eigenvalue weighted by atomic mass is 16.5. The van der Waals surface area contributed by atoms with Crippen LogP contribution in [0.2, 0.25) is 0 Å². The molecule has 1 amide bonds. The molecular weight excluding hydrogens is 184 g/mol. The largest absolute Gasteiger partial charge is 0.378 e. The van der Waals surface area contributed by atoms with Gasteiger partial charge in [-0.05, 0) is 0 Å². The highest BCUT2D eigenvalue weighted by Gasteiger charge is 2.21. The molecule has 0 spiro atoms. The molecule has 2 rings (SSSR count). The minimum Gasteiger partial charge on any atom is -0.378 e. The van der Waals surface area contributed by atoms with E-state index in [1.807, 2.05) is 0 Å². The summed E-state index contributed by atoms with van der Waals surface area (Å²) in [4.78, 5) is 18.2. The molecule has 0 aliphatic carbocycles. The van der Waals surface area contributed by atoms with Gasteiger partial charge in [0.1, 0.15) is 6.04 Å². The molecule has 0 aromatic carbocycles. The summed E-state index contributed by atoms with van der Waals surface area (Å²) in [5, 5.41) is 5.70. The minimum absolute atomic E-state index is 0.125. The number of aromatic amines is 1. The second-order valence-corrected chi connectivity index (χ2v) is 3.01. The van der Waals surface area contributed by atoms with E-state index in [0.29, 0.717) is 25.7 Å². The van der Waals surface area contributed by atoms with Gasteiger partial charge in [-0.2, -0.15) is 0 Å². The second kappa shape index (κ2) is 4.21. The molecule has 76 valence electrons. The summed E-state index contributed by atoms with van der Waals surface area (Å²) < 4.78 is 5.17. The first kappa shape index (κ1) is 9.17. The lowest BCUT2D eigenvalue weighted by Gasteiger charge is -2.22. The molecule has 0 bridgehead atoms. The number of aromatic nitrogens is 2. The van der Waals surface area contributed by atoms with Crippen molar-refractivity contribution in [3.8, 4) is 0 Å². The SMILES string of the molecule is O=C(Nc1ncc[nH]1)C1COCCN1. The lowest BCUT2D eigenvalue weighted by atomic mass is 10.2. The second-order valence-electron chi connectivity index (χ2n) is 3.01. The fraction of sp³-hybridized carbons (Fsp3) is 0.500. The van der Waals surface area contributed by atoms with Gasteiger partial charge in [-0.25, -0.2) is 4.98 Å². The van der Waals surface area contributed by atoms with E-state index in [1.54, 1.807) is 12.4 Å². The maximum Gasteiger partial charge on any atom is 0.246 e. The van der Waals surface area contributed by atoms with Gasteiger partial charge in [-0.15, -0.1) is 0 Å². The number of carbonyl (C=O) groups excluding carboxylic acids is 1. The van der Waals surface area contributed by atoms with Crippen LogP contribution >= 0.6 is 0 Å². The summed E-state index contributed by atoms with van der Waals surface area (Å²) in [5.41, 5.74) is 0. The number of morpholine rings is 1. The Morgan fingerprint density at radius 2 is 2.64 bits per heavy atom. The molecular formula is C8H12N4O2. The molecule has 6 nitrogen and oxygen atoms in total. The maximum atomic E-state index is 11.6. The van der Waals surface area contributed by atoms with Crippen LogP contribution in [0.1, 0.15) is 0 Å². The van der Waals surface area contributed by atoms with Crippen molar-refractivity contribution in [2.75, 3.05) is 25.1 Å². The summed E-state index contributed by atoms with van der Waals surface area (Å²) in [6.07, 6.45) is 3.24. The summed E-state index contributed by atoms with van der Waals surface area (Å²) in [5.74, 6) is 0.335.